The van der Waals surface area contributed by atoms with Gasteiger partial charge in [0.05, 0.1) is 10.7 Å². The van der Waals surface area contributed by atoms with E-state index in [1.54, 1.807) is 0 Å². The Bertz CT molecular complexity index is 783. The molecule has 0 bridgehead atoms. The number of rotatable bonds is 5. The van der Waals surface area contributed by atoms with E-state index in [2.05, 4.69) is 10.6 Å². The largest absolute Gasteiger partial charge is 0.451 e. The quantitative estimate of drug-likeness (QED) is 0.592. The van der Waals surface area contributed by atoms with Crippen LogP contribution in [0.3, 0.4) is 0 Å². The topological polar surface area (TPSA) is 105 Å². The van der Waals surface area contributed by atoms with Crippen LogP contribution in [0, 0.1) is 5.82 Å². The lowest BCUT2D eigenvalue weighted by atomic mass is 10.1. The van der Waals surface area contributed by atoms with E-state index in [1.165, 1.54) is 26.8 Å². The minimum absolute atomic E-state index is 0.0153. The maximum Gasteiger partial charge on any atom is 0.327 e. The van der Waals surface area contributed by atoms with Crippen LogP contribution in [0.5, 0.6) is 0 Å². The fourth-order valence-electron chi connectivity index (χ4n) is 2.20. The number of benzene rings is 1. The van der Waals surface area contributed by atoms with E-state index >= 15 is 0 Å². The minimum Gasteiger partial charge on any atom is -0.451 e. The highest BCUT2D eigenvalue weighted by molar-refractivity contribution is 6.33. The number of hydrogen-bond acceptors (Lipinski definition) is 5. The van der Waals surface area contributed by atoms with Crippen LogP contribution >= 0.6 is 11.6 Å². The molecule has 1 aromatic carbocycles. The van der Waals surface area contributed by atoms with Crippen LogP contribution < -0.4 is 10.6 Å². The van der Waals surface area contributed by atoms with E-state index in [0.717, 1.165) is 12.1 Å². The van der Waals surface area contributed by atoms with Gasteiger partial charge in [-0.2, -0.15) is 0 Å². The zero-order valence-corrected chi connectivity index (χ0v) is 15.0. The third-order valence-electron chi connectivity index (χ3n) is 3.60. The van der Waals surface area contributed by atoms with Gasteiger partial charge in [0.15, 0.2) is 6.10 Å². The fraction of sp³-hybridized carbons (Fsp3) is 0.375. The molecule has 1 saturated heterocycles. The van der Waals surface area contributed by atoms with Gasteiger partial charge in [-0.25, -0.2) is 9.18 Å². The number of imide groups is 1. The van der Waals surface area contributed by atoms with Gasteiger partial charge >= 0.3 is 12.0 Å². The molecule has 0 spiro atoms. The molecule has 10 heteroatoms. The van der Waals surface area contributed by atoms with Crippen LogP contribution in [-0.4, -0.2) is 46.9 Å². The minimum atomic E-state index is -1.22. The smallest absolute Gasteiger partial charge is 0.327 e. The zero-order chi connectivity index (χ0) is 19.6. The molecule has 2 N–H and O–H groups in total. The average Bonchev–Trinajstić information content (AvgIpc) is 2.71. The molecule has 1 fully saturated rings. The summed E-state index contributed by atoms with van der Waals surface area (Å²) in [6.45, 7) is 3.69. The van der Waals surface area contributed by atoms with Crippen molar-refractivity contribution in [2.45, 2.75) is 32.4 Å². The molecule has 26 heavy (non-hydrogen) atoms. The number of nitrogens with zero attached hydrogens (tertiary/aromatic N) is 1. The van der Waals surface area contributed by atoms with Crippen molar-refractivity contribution in [3.63, 3.8) is 0 Å². The molecule has 0 unspecified atom stereocenters. The van der Waals surface area contributed by atoms with Gasteiger partial charge in [-0.3, -0.25) is 19.3 Å². The van der Waals surface area contributed by atoms with Gasteiger partial charge in [0.25, 0.3) is 11.8 Å². The Balaban J connectivity index is 1.93. The molecule has 1 atom stereocenters. The van der Waals surface area contributed by atoms with Crippen molar-refractivity contribution in [2.24, 2.45) is 0 Å². The van der Waals surface area contributed by atoms with Gasteiger partial charge in [-0.1, -0.05) is 11.6 Å². The van der Waals surface area contributed by atoms with Crippen molar-refractivity contribution in [3.8, 4) is 0 Å². The molecule has 4 amide bonds. The standard InChI is InChI=1S/C16H17ClFN3O5/c1-8(13(23)19-11-5-4-9(18)6-10(11)17)26-12(22)7-21-14(24)16(2,3)20-15(21)25/h4-6,8H,7H2,1-3H3,(H,19,23)(H,20,25)/t8-/m0/s1. The van der Waals surface area contributed by atoms with Crippen molar-refractivity contribution in [3.05, 3.63) is 29.0 Å². The Labute approximate surface area is 153 Å². The van der Waals surface area contributed by atoms with E-state index in [1.807, 2.05) is 0 Å². The molecule has 0 aromatic heterocycles. The molecule has 140 valence electrons. The summed E-state index contributed by atoms with van der Waals surface area (Å²) in [7, 11) is 0. The average molecular weight is 386 g/mol. The number of esters is 1. The first-order valence-corrected chi connectivity index (χ1v) is 7.98. The van der Waals surface area contributed by atoms with Gasteiger partial charge in [-0.15, -0.1) is 0 Å². The zero-order valence-electron chi connectivity index (χ0n) is 14.3. The summed E-state index contributed by atoms with van der Waals surface area (Å²) in [5.41, 5.74) is -0.962. The normalized spacial score (nSPS) is 16.9. The number of anilines is 1. The maximum absolute atomic E-state index is 13.0. The predicted octanol–water partition coefficient (Wildman–Crippen LogP) is 1.68. The number of ether oxygens (including phenoxy) is 1. The van der Waals surface area contributed by atoms with E-state index < -0.39 is 47.8 Å². The van der Waals surface area contributed by atoms with Gasteiger partial charge in [-0.05, 0) is 39.0 Å². The molecule has 0 radical (unpaired) electrons. The SMILES string of the molecule is C[C@H](OC(=O)CN1C(=O)NC(C)(C)C1=O)C(=O)Nc1ccc(F)cc1Cl. The molecule has 0 aliphatic carbocycles. The first-order valence-electron chi connectivity index (χ1n) is 7.61. The summed E-state index contributed by atoms with van der Waals surface area (Å²) < 4.78 is 17.9. The van der Waals surface area contributed by atoms with Crippen LogP contribution in [0.15, 0.2) is 18.2 Å². The molecule has 1 aliphatic heterocycles. The Morgan fingerprint density at radius 2 is 2.04 bits per heavy atom. The molecule has 1 heterocycles. The van der Waals surface area contributed by atoms with Crippen molar-refractivity contribution in [1.29, 1.82) is 0 Å². The fourth-order valence-corrected chi connectivity index (χ4v) is 2.42. The number of carbonyl (C=O) groups is 4. The molecule has 1 aromatic rings. The van der Waals surface area contributed by atoms with Crippen LogP contribution in [0.25, 0.3) is 0 Å². The molecular formula is C16H17ClFN3O5. The Hall–Kier alpha value is -2.68. The lowest BCUT2D eigenvalue weighted by molar-refractivity contribution is -0.155. The van der Waals surface area contributed by atoms with Gasteiger partial charge in [0.1, 0.15) is 17.9 Å². The van der Waals surface area contributed by atoms with Gasteiger partial charge in [0.2, 0.25) is 0 Å². The number of halogens is 2. The molecule has 2 rings (SSSR count). The van der Waals surface area contributed by atoms with E-state index in [9.17, 15) is 23.6 Å². The molecule has 1 aliphatic rings. The summed E-state index contributed by atoms with van der Waals surface area (Å²) >= 11 is 5.81. The number of carbonyl (C=O) groups excluding carboxylic acids is 4. The highest BCUT2D eigenvalue weighted by Crippen LogP contribution is 2.22. The number of hydrogen-bond donors (Lipinski definition) is 2. The van der Waals surface area contributed by atoms with E-state index in [0.29, 0.717) is 4.90 Å². The lowest BCUT2D eigenvalue weighted by Gasteiger charge is -2.17. The van der Waals surface area contributed by atoms with E-state index in [-0.39, 0.29) is 10.7 Å². The summed E-state index contributed by atoms with van der Waals surface area (Å²) in [5, 5.41) is 4.80. The van der Waals surface area contributed by atoms with Crippen LogP contribution in [0.1, 0.15) is 20.8 Å². The molecular weight excluding hydrogens is 369 g/mol. The summed E-state index contributed by atoms with van der Waals surface area (Å²) in [6, 6.07) is 2.68. The second-order valence-electron chi connectivity index (χ2n) is 6.19. The van der Waals surface area contributed by atoms with Crippen LogP contribution in [0.2, 0.25) is 5.02 Å². The molecule has 8 nitrogen and oxygen atoms in total. The van der Waals surface area contributed by atoms with E-state index in [4.69, 9.17) is 16.3 Å². The van der Waals surface area contributed by atoms with Crippen molar-refractivity contribution >= 4 is 41.1 Å². The second kappa shape index (κ2) is 7.28. The van der Waals surface area contributed by atoms with Crippen molar-refractivity contribution in [2.75, 3.05) is 11.9 Å². The third-order valence-corrected chi connectivity index (χ3v) is 3.91. The van der Waals surface area contributed by atoms with Crippen LogP contribution in [-0.2, 0) is 19.1 Å². The Morgan fingerprint density at radius 1 is 1.38 bits per heavy atom. The summed E-state index contributed by atoms with van der Waals surface area (Å²) in [4.78, 5) is 48.4. The van der Waals surface area contributed by atoms with Gasteiger partial charge in [0, 0.05) is 0 Å². The number of amides is 4. The van der Waals surface area contributed by atoms with Gasteiger partial charge < -0.3 is 15.4 Å². The molecule has 0 saturated carbocycles. The summed E-state index contributed by atoms with van der Waals surface area (Å²) in [5.74, 6) is -2.78. The number of urea groups is 1. The maximum atomic E-state index is 13.0. The Kier molecular flexibility index (Phi) is 5.50. The highest BCUT2D eigenvalue weighted by atomic mass is 35.5. The Morgan fingerprint density at radius 3 is 2.58 bits per heavy atom. The lowest BCUT2D eigenvalue weighted by Crippen LogP contribution is -2.42. The predicted molar refractivity (Wildman–Crippen MR) is 89.9 cm³/mol. The first-order chi connectivity index (χ1) is 12.0. The third kappa shape index (κ3) is 4.29. The van der Waals surface area contributed by atoms with Crippen molar-refractivity contribution in [1.82, 2.24) is 10.2 Å². The van der Waals surface area contributed by atoms with Crippen molar-refractivity contribution < 1.29 is 28.3 Å². The number of nitrogens with one attached hydrogen (secondary N) is 2. The first kappa shape index (κ1) is 19.6. The summed E-state index contributed by atoms with van der Waals surface area (Å²) in [6.07, 6.45) is -1.22. The second-order valence-corrected chi connectivity index (χ2v) is 6.60. The highest BCUT2D eigenvalue weighted by Gasteiger charge is 2.45. The monoisotopic (exact) mass is 385 g/mol. The van der Waals surface area contributed by atoms with Crippen LogP contribution in [0.4, 0.5) is 14.9 Å².